The highest BCUT2D eigenvalue weighted by Crippen LogP contribution is 2.13. The van der Waals surface area contributed by atoms with E-state index in [1.54, 1.807) is 11.9 Å². The SMILES string of the molecule is CCCCCCCCCCCCCCCC(=O)N(C)CCS(=O)(=O)O.OCCN(CCO)CCO. The zero-order valence-electron chi connectivity index (χ0n) is 22.4. The maximum absolute atomic E-state index is 11.8. The standard InChI is InChI=1S/C19H39NO4S.C6H15NO3/c1-3-4-5-6-7-8-9-10-11-12-13-14-15-16-19(21)20(2)17-18-25(22,23)24;8-4-1-7(2-5-9)3-6-10/h3-18H2,1-2H3,(H,22,23,24);8-10H,1-6H2. The molecular weight excluding hydrogens is 472 g/mol. The predicted molar refractivity (Wildman–Crippen MR) is 142 cm³/mol. The minimum Gasteiger partial charge on any atom is -0.395 e. The number of rotatable bonds is 23. The fraction of sp³-hybridized carbons (Fsp3) is 0.960. The minimum atomic E-state index is -4.00. The molecule has 0 aliphatic heterocycles. The number of amides is 1. The molecule has 0 aromatic carbocycles. The molecule has 0 spiro atoms. The minimum absolute atomic E-state index is 0.0493. The molecule has 4 N–H and O–H groups in total. The third-order valence-electron chi connectivity index (χ3n) is 5.85. The van der Waals surface area contributed by atoms with Gasteiger partial charge >= 0.3 is 0 Å². The lowest BCUT2D eigenvalue weighted by atomic mass is 10.0. The quantitative estimate of drug-likeness (QED) is 0.118. The normalized spacial score (nSPS) is 11.4. The van der Waals surface area contributed by atoms with Crippen molar-refractivity contribution in [2.45, 2.75) is 96.8 Å². The summed E-state index contributed by atoms with van der Waals surface area (Å²) in [5.74, 6) is -0.444. The van der Waals surface area contributed by atoms with Crippen molar-refractivity contribution in [1.82, 2.24) is 9.80 Å². The highest BCUT2D eigenvalue weighted by molar-refractivity contribution is 7.85. The summed E-state index contributed by atoms with van der Waals surface area (Å²) >= 11 is 0. The number of unbranched alkanes of at least 4 members (excludes halogenated alkanes) is 12. The molecule has 212 valence electrons. The van der Waals surface area contributed by atoms with E-state index in [4.69, 9.17) is 19.9 Å². The lowest BCUT2D eigenvalue weighted by Crippen LogP contribution is -2.32. The topological polar surface area (TPSA) is 139 Å². The monoisotopic (exact) mass is 526 g/mol. The number of nitrogens with zero attached hydrogens (tertiary/aromatic N) is 2. The Bertz CT molecular complexity index is 548. The molecule has 0 radical (unpaired) electrons. The van der Waals surface area contributed by atoms with Crippen LogP contribution in [0.4, 0.5) is 0 Å². The molecule has 0 unspecified atom stereocenters. The maximum atomic E-state index is 11.8. The van der Waals surface area contributed by atoms with E-state index >= 15 is 0 Å². The zero-order valence-corrected chi connectivity index (χ0v) is 23.2. The molecule has 10 heteroatoms. The van der Waals surface area contributed by atoms with Gasteiger partial charge in [0, 0.05) is 39.6 Å². The van der Waals surface area contributed by atoms with E-state index in [1.165, 1.54) is 75.5 Å². The Morgan fingerprint density at radius 1 is 0.657 bits per heavy atom. The van der Waals surface area contributed by atoms with Gasteiger partial charge in [0.05, 0.1) is 25.6 Å². The van der Waals surface area contributed by atoms with Gasteiger partial charge in [-0.15, -0.1) is 0 Å². The first kappa shape index (κ1) is 36.4. The fourth-order valence-electron chi connectivity index (χ4n) is 3.62. The van der Waals surface area contributed by atoms with Gasteiger partial charge in [-0.1, -0.05) is 84.0 Å². The molecule has 1 amide bonds. The molecule has 0 fully saturated rings. The molecule has 0 aromatic heterocycles. The lowest BCUT2D eigenvalue weighted by Gasteiger charge is -2.17. The summed E-state index contributed by atoms with van der Waals surface area (Å²) in [5, 5.41) is 25.5. The summed E-state index contributed by atoms with van der Waals surface area (Å²) in [5.41, 5.74) is 0. The Morgan fingerprint density at radius 3 is 1.37 bits per heavy atom. The first-order valence-electron chi connectivity index (χ1n) is 13.5. The van der Waals surface area contributed by atoms with Crippen molar-refractivity contribution in [3.05, 3.63) is 0 Å². The van der Waals surface area contributed by atoms with E-state index in [0.29, 0.717) is 26.1 Å². The van der Waals surface area contributed by atoms with Gasteiger partial charge < -0.3 is 20.2 Å². The number of hydrogen-bond donors (Lipinski definition) is 4. The van der Waals surface area contributed by atoms with E-state index < -0.39 is 15.9 Å². The van der Waals surface area contributed by atoms with Crippen LogP contribution in [0.25, 0.3) is 0 Å². The highest BCUT2D eigenvalue weighted by Gasteiger charge is 2.12. The van der Waals surface area contributed by atoms with Crippen molar-refractivity contribution in [1.29, 1.82) is 0 Å². The third kappa shape index (κ3) is 29.3. The molecule has 0 atom stereocenters. The predicted octanol–water partition coefficient (Wildman–Crippen LogP) is 3.08. The van der Waals surface area contributed by atoms with Gasteiger partial charge in [0.15, 0.2) is 0 Å². The maximum Gasteiger partial charge on any atom is 0.266 e. The largest absolute Gasteiger partial charge is 0.395 e. The van der Waals surface area contributed by atoms with Crippen molar-refractivity contribution >= 4 is 16.0 Å². The van der Waals surface area contributed by atoms with Gasteiger partial charge in [-0.05, 0) is 6.42 Å². The van der Waals surface area contributed by atoms with Crippen LogP contribution in [-0.2, 0) is 14.9 Å². The average Bonchev–Trinajstić information content (AvgIpc) is 2.81. The molecule has 0 rings (SSSR count). The smallest absolute Gasteiger partial charge is 0.266 e. The van der Waals surface area contributed by atoms with Crippen LogP contribution in [0.2, 0.25) is 0 Å². The summed E-state index contributed by atoms with van der Waals surface area (Å²) in [4.78, 5) is 15.0. The molecular formula is C25H54N2O7S. The summed E-state index contributed by atoms with van der Waals surface area (Å²) < 4.78 is 30.0. The summed E-state index contributed by atoms with van der Waals surface area (Å²) in [7, 11) is -2.42. The Labute approximate surface area is 214 Å². The molecule has 0 aromatic rings. The number of aliphatic hydroxyl groups excluding tert-OH is 3. The van der Waals surface area contributed by atoms with Crippen LogP contribution in [0.5, 0.6) is 0 Å². The lowest BCUT2D eigenvalue weighted by molar-refractivity contribution is -0.129. The zero-order chi connectivity index (χ0) is 26.8. The Morgan fingerprint density at radius 2 is 1.03 bits per heavy atom. The van der Waals surface area contributed by atoms with E-state index in [-0.39, 0.29) is 32.3 Å². The molecule has 9 nitrogen and oxygen atoms in total. The second kappa shape index (κ2) is 26.3. The Balaban J connectivity index is 0. The van der Waals surface area contributed by atoms with Gasteiger partial charge in [0.1, 0.15) is 0 Å². The second-order valence-corrected chi connectivity index (χ2v) is 10.7. The van der Waals surface area contributed by atoms with Crippen LogP contribution < -0.4 is 0 Å². The van der Waals surface area contributed by atoms with Crippen molar-refractivity contribution in [2.75, 3.05) is 58.8 Å². The van der Waals surface area contributed by atoms with Gasteiger partial charge in [0.2, 0.25) is 5.91 Å². The van der Waals surface area contributed by atoms with Gasteiger partial charge in [-0.25, -0.2) is 0 Å². The van der Waals surface area contributed by atoms with Crippen LogP contribution in [-0.4, -0.2) is 103 Å². The number of hydrogen-bond acceptors (Lipinski definition) is 7. The van der Waals surface area contributed by atoms with Crippen LogP contribution in [0.15, 0.2) is 0 Å². The molecule has 0 aliphatic carbocycles. The van der Waals surface area contributed by atoms with E-state index in [2.05, 4.69) is 6.92 Å². The molecule has 0 saturated heterocycles. The first-order valence-corrected chi connectivity index (χ1v) is 15.1. The molecule has 0 saturated carbocycles. The summed E-state index contributed by atoms with van der Waals surface area (Å²) in [6, 6.07) is 0. The van der Waals surface area contributed by atoms with Gasteiger partial charge in [0.25, 0.3) is 10.1 Å². The van der Waals surface area contributed by atoms with Crippen LogP contribution in [0.3, 0.4) is 0 Å². The summed E-state index contributed by atoms with van der Waals surface area (Å²) in [6.07, 6.45) is 16.9. The van der Waals surface area contributed by atoms with Crippen LogP contribution in [0, 0.1) is 0 Å². The van der Waals surface area contributed by atoms with Crippen molar-refractivity contribution < 1.29 is 33.1 Å². The molecule has 0 bridgehead atoms. The second-order valence-electron chi connectivity index (χ2n) is 9.11. The molecule has 35 heavy (non-hydrogen) atoms. The highest BCUT2D eigenvalue weighted by atomic mass is 32.2. The van der Waals surface area contributed by atoms with Crippen LogP contribution in [0.1, 0.15) is 96.8 Å². The van der Waals surface area contributed by atoms with Gasteiger partial charge in [-0.2, -0.15) is 8.42 Å². The van der Waals surface area contributed by atoms with E-state index in [1.807, 2.05) is 0 Å². The van der Waals surface area contributed by atoms with Crippen molar-refractivity contribution in [3.63, 3.8) is 0 Å². The van der Waals surface area contributed by atoms with Crippen molar-refractivity contribution in [3.8, 4) is 0 Å². The average molecular weight is 527 g/mol. The number of aliphatic hydroxyl groups is 3. The molecule has 0 aliphatic rings. The fourth-order valence-corrected chi connectivity index (χ4v) is 4.13. The third-order valence-corrected chi connectivity index (χ3v) is 6.55. The Hall–Kier alpha value is -0.780. The first-order chi connectivity index (χ1) is 16.7. The molecule has 0 heterocycles. The number of carbonyl (C=O) groups is 1. The van der Waals surface area contributed by atoms with Crippen molar-refractivity contribution in [2.24, 2.45) is 0 Å². The van der Waals surface area contributed by atoms with E-state index in [0.717, 1.165) is 12.8 Å². The summed E-state index contributed by atoms with van der Waals surface area (Å²) in [6.45, 7) is 4.05. The van der Waals surface area contributed by atoms with Gasteiger partial charge in [-0.3, -0.25) is 14.2 Å². The Kier molecular flexibility index (Phi) is 27.3. The van der Waals surface area contributed by atoms with Crippen LogP contribution >= 0.6 is 0 Å². The van der Waals surface area contributed by atoms with E-state index in [9.17, 15) is 13.2 Å². The number of carbonyl (C=O) groups excluding carboxylic acids is 1.